The van der Waals surface area contributed by atoms with E-state index in [0.29, 0.717) is 0 Å². The fraction of sp³-hybridized carbons (Fsp3) is 0.150. The molecule has 0 amide bonds. The van der Waals surface area contributed by atoms with Crippen molar-refractivity contribution in [2.45, 2.75) is 13.8 Å². The Hall–Kier alpha value is -3.01. The minimum atomic E-state index is 0.724. The van der Waals surface area contributed by atoms with Gasteiger partial charge in [0.2, 0.25) is 0 Å². The molecule has 1 aromatic carbocycles. The highest BCUT2D eigenvalue weighted by atomic mass is 15.2. The summed E-state index contributed by atoms with van der Waals surface area (Å²) in [5.74, 6) is 0.724. The van der Waals surface area contributed by atoms with Gasteiger partial charge in [0.1, 0.15) is 0 Å². The van der Waals surface area contributed by atoms with E-state index in [1.165, 1.54) is 0 Å². The van der Waals surface area contributed by atoms with Crippen LogP contribution in [0, 0.1) is 6.92 Å². The van der Waals surface area contributed by atoms with Gasteiger partial charge in [0.15, 0.2) is 5.82 Å². The molecule has 0 spiro atoms. The highest BCUT2D eigenvalue weighted by Crippen LogP contribution is 2.25. The number of rotatable bonds is 4. The minimum absolute atomic E-state index is 0.724. The number of hydrogen-bond donors (Lipinski definition) is 0. The molecule has 0 aliphatic rings. The van der Waals surface area contributed by atoms with Crippen LogP contribution in [0.2, 0.25) is 0 Å². The Kier molecular flexibility index (Phi) is 4.38. The maximum atomic E-state index is 4.69. The van der Waals surface area contributed by atoms with Gasteiger partial charge in [-0.1, -0.05) is 36.9 Å². The monoisotopic (exact) mass is 316 g/mol. The van der Waals surface area contributed by atoms with Crippen molar-refractivity contribution in [3.63, 3.8) is 0 Å². The number of hydrogen-bond acceptors (Lipinski definition) is 3. The van der Waals surface area contributed by atoms with Gasteiger partial charge in [0.25, 0.3) is 0 Å². The van der Waals surface area contributed by atoms with Crippen molar-refractivity contribution < 1.29 is 0 Å². The molecular weight excluding hydrogens is 296 g/mol. The SMILES string of the molecule is C=C/C(=C\C)c1cccc(-c2ncc(-c3cnn(C)c3)c(C)n2)c1. The first-order chi connectivity index (χ1) is 11.6. The molecule has 3 aromatic rings. The van der Waals surface area contributed by atoms with E-state index in [1.54, 1.807) is 4.68 Å². The fourth-order valence-corrected chi connectivity index (χ4v) is 2.69. The molecule has 4 heteroatoms. The van der Waals surface area contributed by atoms with Crippen LogP contribution >= 0.6 is 0 Å². The van der Waals surface area contributed by atoms with E-state index in [2.05, 4.69) is 33.8 Å². The maximum Gasteiger partial charge on any atom is 0.159 e. The summed E-state index contributed by atoms with van der Waals surface area (Å²) in [6.45, 7) is 7.87. The molecule has 0 bridgehead atoms. The first-order valence-corrected chi connectivity index (χ1v) is 7.84. The summed E-state index contributed by atoms with van der Waals surface area (Å²) < 4.78 is 1.78. The Bertz CT molecular complexity index is 919. The molecule has 0 atom stereocenters. The molecular formula is C20H20N4. The van der Waals surface area contributed by atoms with Crippen molar-refractivity contribution in [2.24, 2.45) is 7.05 Å². The Balaban J connectivity index is 2.00. The van der Waals surface area contributed by atoms with Gasteiger partial charge in [-0.15, -0.1) is 0 Å². The summed E-state index contributed by atoms with van der Waals surface area (Å²) in [7, 11) is 1.90. The van der Waals surface area contributed by atoms with Crippen molar-refractivity contribution in [3.8, 4) is 22.5 Å². The number of aryl methyl sites for hydroxylation is 2. The highest BCUT2D eigenvalue weighted by molar-refractivity contribution is 5.76. The van der Waals surface area contributed by atoms with Crippen LogP contribution in [-0.2, 0) is 7.05 Å². The summed E-state index contributed by atoms with van der Waals surface area (Å²) in [4.78, 5) is 9.24. The number of nitrogens with zero attached hydrogens (tertiary/aromatic N) is 4. The van der Waals surface area contributed by atoms with E-state index < -0.39 is 0 Å². The third-order valence-electron chi connectivity index (χ3n) is 3.98. The minimum Gasteiger partial charge on any atom is -0.275 e. The summed E-state index contributed by atoms with van der Waals surface area (Å²) in [6.07, 6.45) is 9.56. The lowest BCUT2D eigenvalue weighted by atomic mass is 10.0. The Morgan fingerprint density at radius 2 is 2.04 bits per heavy atom. The molecule has 0 radical (unpaired) electrons. The third-order valence-corrected chi connectivity index (χ3v) is 3.98. The maximum absolute atomic E-state index is 4.69. The van der Waals surface area contributed by atoms with Gasteiger partial charge in [-0.2, -0.15) is 5.10 Å². The van der Waals surface area contributed by atoms with Gasteiger partial charge in [0.05, 0.1) is 6.20 Å². The highest BCUT2D eigenvalue weighted by Gasteiger charge is 2.09. The topological polar surface area (TPSA) is 43.6 Å². The summed E-state index contributed by atoms with van der Waals surface area (Å²) >= 11 is 0. The normalized spacial score (nSPS) is 11.5. The van der Waals surface area contributed by atoms with Crippen LogP contribution in [0.4, 0.5) is 0 Å². The summed E-state index contributed by atoms with van der Waals surface area (Å²) in [6, 6.07) is 8.21. The van der Waals surface area contributed by atoms with Crippen LogP contribution < -0.4 is 0 Å². The predicted octanol–water partition coefficient (Wildman–Crippen LogP) is 4.44. The molecule has 0 N–H and O–H groups in total. The Labute approximate surface area is 142 Å². The van der Waals surface area contributed by atoms with Crippen molar-refractivity contribution in [1.82, 2.24) is 19.7 Å². The second-order valence-electron chi connectivity index (χ2n) is 5.62. The van der Waals surface area contributed by atoms with Crippen LogP contribution in [-0.4, -0.2) is 19.7 Å². The van der Waals surface area contributed by atoms with Crippen LogP contribution in [0.5, 0.6) is 0 Å². The van der Waals surface area contributed by atoms with E-state index in [9.17, 15) is 0 Å². The van der Waals surface area contributed by atoms with Crippen molar-refractivity contribution in [1.29, 1.82) is 0 Å². The zero-order valence-electron chi connectivity index (χ0n) is 14.2. The average Bonchev–Trinajstić information content (AvgIpc) is 3.02. The molecule has 4 nitrogen and oxygen atoms in total. The van der Waals surface area contributed by atoms with Gasteiger partial charge in [-0.05, 0) is 31.1 Å². The molecule has 3 rings (SSSR count). The van der Waals surface area contributed by atoms with Crippen LogP contribution in [0.25, 0.3) is 28.1 Å². The molecule has 0 fully saturated rings. The molecule has 0 saturated heterocycles. The lowest BCUT2D eigenvalue weighted by molar-refractivity contribution is 0.768. The predicted molar refractivity (Wildman–Crippen MR) is 98.3 cm³/mol. The van der Waals surface area contributed by atoms with Gasteiger partial charge in [-0.3, -0.25) is 4.68 Å². The summed E-state index contributed by atoms with van der Waals surface area (Å²) in [5, 5.41) is 4.21. The molecule has 0 aliphatic heterocycles. The Morgan fingerprint density at radius 3 is 2.67 bits per heavy atom. The van der Waals surface area contributed by atoms with Crippen LogP contribution in [0.1, 0.15) is 18.2 Å². The lowest BCUT2D eigenvalue weighted by Crippen LogP contribution is -1.95. The number of benzene rings is 1. The van der Waals surface area contributed by atoms with Crippen molar-refractivity contribution >= 4 is 5.57 Å². The first-order valence-electron chi connectivity index (χ1n) is 7.84. The van der Waals surface area contributed by atoms with E-state index in [4.69, 9.17) is 0 Å². The lowest BCUT2D eigenvalue weighted by Gasteiger charge is -2.08. The molecule has 120 valence electrons. The first kappa shape index (κ1) is 15.9. The standard InChI is InChI=1S/C20H20N4/c1-5-15(6-2)16-8-7-9-17(10-16)20-21-12-19(14(3)23-20)18-11-22-24(4)13-18/h5-13H,1H2,2-4H3/b15-6+. The molecule has 0 saturated carbocycles. The second-order valence-corrected chi connectivity index (χ2v) is 5.62. The largest absolute Gasteiger partial charge is 0.275 e. The van der Waals surface area contributed by atoms with Gasteiger partial charge in [0, 0.05) is 41.8 Å². The zero-order chi connectivity index (χ0) is 17.1. The molecule has 0 aliphatic carbocycles. The van der Waals surface area contributed by atoms with Gasteiger partial charge in [-0.25, -0.2) is 9.97 Å². The van der Waals surface area contributed by atoms with Gasteiger partial charge < -0.3 is 0 Å². The number of allylic oxidation sites excluding steroid dienone is 3. The van der Waals surface area contributed by atoms with E-state index in [1.807, 2.05) is 63.8 Å². The van der Waals surface area contributed by atoms with E-state index >= 15 is 0 Å². The van der Waals surface area contributed by atoms with Crippen molar-refractivity contribution in [3.05, 3.63) is 72.8 Å². The van der Waals surface area contributed by atoms with Crippen LogP contribution in [0.3, 0.4) is 0 Å². The molecule has 2 aromatic heterocycles. The Morgan fingerprint density at radius 1 is 1.21 bits per heavy atom. The number of aromatic nitrogens is 4. The fourth-order valence-electron chi connectivity index (χ4n) is 2.69. The van der Waals surface area contributed by atoms with Gasteiger partial charge >= 0.3 is 0 Å². The smallest absolute Gasteiger partial charge is 0.159 e. The summed E-state index contributed by atoms with van der Waals surface area (Å²) in [5.41, 5.74) is 6.17. The molecule has 2 heterocycles. The van der Waals surface area contributed by atoms with E-state index in [-0.39, 0.29) is 0 Å². The third kappa shape index (κ3) is 3.04. The molecule has 0 unspecified atom stereocenters. The second kappa shape index (κ2) is 6.62. The van der Waals surface area contributed by atoms with Crippen molar-refractivity contribution in [2.75, 3.05) is 0 Å². The zero-order valence-corrected chi connectivity index (χ0v) is 14.2. The quantitative estimate of drug-likeness (QED) is 0.668. The average molecular weight is 316 g/mol. The van der Waals surface area contributed by atoms with E-state index in [0.717, 1.165) is 39.3 Å². The molecule has 24 heavy (non-hydrogen) atoms. The van der Waals surface area contributed by atoms with Crippen LogP contribution in [0.15, 0.2) is 61.6 Å².